The molecule has 0 atom stereocenters. The van der Waals surface area contributed by atoms with Crippen molar-refractivity contribution in [3.05, 3.63) is 93.0 Å². The predicted molar refractivity (Wildman–Crippen MR) is 312 cm³/mol. The smallest absolute Gasteiger partial charge is 0.143 e. The van der Waals surface area contributed by atoms with E-state index < -0.39 is 13.2 Å². The van der Waals surface area contributed by atoms with Crippen LogP contribution in [0.5, 0.6) is 23.0 Å². The minimum atomic E-state index is -3.62. The van der Waals surface area contributed by atoms with Gasteiger partial charge in [-0.05, 0) is 109 Å². The fourth-order valence-corrected chi connectivity index (χ4v) is 17.7. The van der Waals surface area contributed by atoms with Crippen LogP contribution in [0.3, 0.4) is 0 Å². The average molecular weight is 1020 g/mol. The summed E-state index contributed by atoms with van der Waals surface area (Å²) in [6.45, 7) is 53.8. The molecule has 0 saturated carbocycles. The van der Waals surface area contributed by atoms with E-state index in [2.05, 4.69) is 215 Å². The van der Waals surface area contributed by atoms with Gasteiger partial charge in [0, 0.05) is 67.3 Å². The van der Waals surface area contributed by atoms with Crippen molar-refractivity contribution >= 4 is 46.2 Å². The third-order valence-electron chi connectivity index (χ3n) is 14.0. The van der Waals surface area contributed by atoms with E-state index >= 15 is 4.57 Å². The van der Waals surface area contributed by atoms with Crippen molar-refractivity contribution in [2.24, 2.45) is 0 Å². The number of benzene rings is 4. The van der Waals surface area contributed by atoms with Crippen molar-refractivity contribution in [1.82, 2.24) is 0 Å². The lowest BCUT2D eigenvalue weighted by atomic mass is 9.79. The van der Waals surface area contributed by atoms with Crippen LogP contribution in [0.4, 0.5) is 0 Å². The summed E-state index contributed by atoms with van der Waals surface area (Å²) in [5, 5.41) is 3.87. The molecule has 0 aromatic heterocycles. The minimum Gasteiger partial charge on any atom is -0.496 e. The van der Waals surface area contributed by atoms with Gasteiger partial charge in [0.1, 0.15) is 30.1 Å². The lowest BCUT2D eigenvalue weighted by molar-refractivity contribution is 0.381. The van der Waals surface area contributed by atoms with Gasteiger partial charge in [0.25, 0.3) is 0 Å². The van der Waals surface area contributed by atoms with Gasteiger partial charge in [0.2, 0.25) is 0 Å². The van der Waals surface area contributed by atoms with Gasteiger partial charge in [-0.3, -0.25) is 0 Å². The van der Waals surface area contributed by atoms with Gasteiger partial charge < -0.3 is 23.5 Å². The molecule has 4 aromatic rings. The van der Waals surface area contributed by atoms with Crippen LogP contribution in [0.15, 0.2) is 48.5 Å². The molecule has 70 heavy (non-hydrogen) atoms. The summed E-state index contributed by atoms with van der Waals surface area (Å²) in [5.41, 5.74) is 6.29. The molecule has 8 heteroatoms. The van der Waals surface area contributed by atoms with Crippen LogP contribution in [0.25, 0.3) is 0 Å². The van der Waals surface area contributed by atoms with Crippen LogP contribution < -0.4 is 40.2 Å². The highest BCUT2D eigenvalue weighted by molar-refractivity contribution is 8.22. The number of rotatable bonds is 11. The number of ether oxygens (including phenoxy) is 4. The Labute approximate surface area is 433 Å². The highest BCUT2D eigenvalue weighted by Crippen LogP contribution is 2.57. The molecule has 0 radical (unpaired) electrons. The van der Waals surface area contributed by atoms with Gasteiger partial charge >= 0.3 is 0 Å². The Balaban J connectivity index is 2.42. The van der Waals surface area contributed by atoms with Gasteiger partial charge in [-0.2, -0.15) is 0 Å². The predicted octanol–water partition coefficient (Wildman–Crippen LogP) is 15.5. The maximum atomic E-state index is 17.8. The molecule has 0 amide bonds. The first-order valence-electron chi connectivity index (χ1n) is 25.5. The van der Waals surface area contributed by atoms with Crippen molar-refractivity contribution < 1.29 is 23.5 Å². The van der Waals surface area contributed by atoms with Crippen molar-refractivity contribution in [3.63, 3.8) is 0 Å². The Kier molecular flexibility index (Phi) is 16.7. The first-order chi connectivity index (χ1) is 31.3. The maximum Gasteiger partial charge on any atom is 0.143 e. The van der Waals surface area contributed by atoms with Crippen LogP contribution in [-0.4, -0.2) is 40.8 Å². The molecule has 0 bridgehead atoms. The van der Waals surface area contributed by atoms with E-state index in [1.165, 1.54) is 0 Å². The van der Waals surface area contributed by atoms with E-state index in [0.29, 0.717) is 12.3 Å². The molecule has 0 aliphatic rings. The number of hydrogen-bond acceptors (Lipinski definition) is 6. The van der Waals surface area contributed by atoms with E-state index in [1.54, 1.807) is 28.4 Å². The van der Waals surface area contributed by atoms with Gasteiger partial charge in [-0.1, -0.05) is 178 Å². The molecule has 0 spiro atoms. The first-order valence-corrected chi connectivity index (χ1v) is 30.3. The molecule has 390 valence electrons. The monoisotopic (exact) mass is 1010 g/mol. The third kappa shape index (κ3) is 12.1. The number of hydrogen-bond donors (Lipinski definition) is 0. The fraction of sp³-hybridized carbons (Fsp3) is 0.613. The molecular formula is C62H96O5P2S. The molecule has 0 unspecified atom stereocenters. The van der Waals surface area contributed by atoms with E-state index in [0.717, 1.165) is 88.7 Å². The van der Waals surface area contributed by atoms with Crippen LogP contribution >= 0.6 is 13.2 Å². The summed E-state index contributed by atoms with van der Waals surface area (Å²) in [7, 11) is 3.50. The van der Waals surface area contributed by atoms with Crippen molar-refractivity contribution in [1.29, 1.82) is 0 Å². The van der Waals surface area contributed by atoms with E-state index in [-0.39, 0.29) is 43.3 Å². The van der Waals surface area contributed by atoms with Crippen LogP contribution in [0, 0.1) is 0 Å². The second-order valence-corrected chi connectivity index (χ2v) is 36.0. The summed E-state index contributed by atoms with van der Waals surface area (Å²) >= 11 is 7.58. The average Bonchev–Trinajstić information content (AvgIpc) is 3.20. The highest BCUT2D eigenvalue weighted by Gasteiger charge is 2.41. The van der Waals surface area contributed by atoms with Crippen molar-refractivity contribution in [3.8, 4) is 23.0 Å². The molecule has 0 aliphatic carbocycles. The van der Waals surface area contributed by atoms with E-state index in [9.17, 15) is 0 Å². The Hall–Kier alpha value is -3.04. The van der Waals surface area contributed by atoms with Crippen LogP contribution in [0.2, 0.25) is 0 Å². The summed E-state index contributed by atoms with van der Waals surface area (Å²) in [5.74, 6) is 3.51. The molecule has 0 heterocycles. The summed E-state index contributed by atoms with van der Waals surface area (Å²) in [6.07, 6.45) is 0.842. The first kappa shape index (κ1) is 59.5. The van der Waals surface area contributed by atoms with E-state index in [4.69, 9.17) is 30.8 Å². The SMILES string of the molecule is COc1c(C(C)(C)C)cc(P(=O)(CCP(=S)(c2cc(C(C)(C)C)c(OC)c(C(C)(C)C)c2)c2cc(C(C)(C)C)c(OC)c(C(C)(C)C)c2)c2cc(C(C)(C)C)c(OC)c(C(C)(C)C)c2)cc1C(C)(C)C. The second kappa shape index (κ2) is 19.7. The van der Waals surface area contributed by atoms with Crippen LogP contribution in [0.1, 0.15) is 211 Å². The molecule has 4 aromatic carbocycles. The highest BCUT2D eigenvalue weighted by atomic mass is 32.4. The van der Waals surface area contributed by atoms with Gasteiger partial charge in [0.05, 0.1) is 28.4 Å². The largest absolute Gasteiger partial charge is 0.496 e. The fourth-order valence-electron chi connectivity index (χ4n) is 9.72. The molecule has 5 nitrogen and oxygen atoms in total. The molecular weight excluding hydrogens is 919 g/mol. The molecule has 0 N–H and O–H groups in total. The molecule has 0 fully saturated rings. The Morgan fingerprint density at radius 3 is 0.614 bits per heavy atom. The van der Waals surface area contributed by atoms with Gasteiger partial charge in [0.15, 0.2) is 0 Å². The van der Waals surface area contributed by atoms with Crippen molar-refractivity contribution in [2.45, 2.75) is 209 Å². The second-order valence-electron chi connectivity index (χ2n) is 28.2. The van der Waals surface area contributed by atoms with Crippen molar-refractivity contribution in [2.75, 3.05) is 40.8 Å². The molecule has 0 saturated heterocycles. The van der Waals surface area contributed by atoms with E-state index in [1.807, 2.05) is 0 Å². The lowest BCUT2D eigenvalue weighted by Crippen LogP contribution is -2.31. The Morgan fingerprint density at radius 2 is 0.471 bits per heavy atom. The lowest BCUT2D eigenvalue weighted by Gasteiger charge is -2.36. The van der Waals surface area contributed by atoms with Gasteiger partial charge in [-0.25, -0.2) is 0 Å². The Bertz CT molecular complexity index is 2170. The molecule has 0 aliphatic heterocycles. The third-order valence-corrected chi connectivity index (χ3v) is 22.2. The quantitative estimate of drug-likeness (QED) is 0.140. The summed E-state index contributed by atoms with van der Waals surface area (Å²) in [4.78, 5) is 0. The summed E-state index contributed by atoms with van der Waals surface area (Å²) in [6, 6.07) is 15.3. The number of methoxy groups -OCH3 is 4. The minimum absolute atomic E-state index is 0.268. The maximum absolute atomic E-state index is 17.8. The van der Waals surface area contributed by atoms with Gasteiger partial charge in [-0.15, -0.1) is 0 Å². The topological polar surface area (TPSA) is 54.0 Å². The zero-order chi connectivity index (χ0) is 54.1. The molecule has 4 rings (SSSR count). The zero-order valence-electron chi connectivity index (χ0n) is 49.4. The Morgan fingerprint density at radius 1 is 0.314 bits per heavy atom. The van der Waals surface area contributed by atoms with Crippen LogP contribution in [-0.2, 0) is 59.7 Å². The zero-order valence-corrected chi connectivity index (χ0v) is 52.0. The normalized spacial score (nSPS) is 13.9. The summed E-state index contributed by atoms with van der Waals surface area (Å²) < 4.78 is 43.2. The standard InChI is InChI=1S/C62H96O5P2S/c1-55(2,3)43-31-39(32-44(51(43)64-25)56(4,5)6)68(63,40-33-45(57(7,8)9)52(65-26)46(34-40)58(10,11)12)29-30-69(70,41-35-47(59(13,14)15)53(66-27)48(36-41)60(16,17)18)42-37-49(61(19,20)21)54(67-28)50(38-42)62(22,23)24/h31-38H,29-30H2,1-28H3.